The molecule has 2 unspecified atom stereocenters. The first-order valence-corrected chi connectivity index (χ1v) is 6.41. The first-order chi connectivity index (χ1) is 8.59. The Labute approximate surface area is 116 Å². The Balaban J connectivity index is 2.28. The Hall–Kier alpha value is -1.12. The van der Waals surface area contributed by atoms with E-state index in [4.69, 9.17) is 23.2 Å². The van der Waals surface area contributed by atoms with Crippen LogP contribution in [-0.4, -0.2) is 4.98 Å². The van der Waals surface area contributed by atoms with E-state index in [1.807, 2.05) is 25.1 Å². The molecule has 2 atom stereocenters. The minimum absolute atomic E-state index is 0.0801. The number of rotatable bonds is 3. The molecule has 0 spiro atoms. The fourth-order valence-electron chi connectivity index (χ4n) is 1.79. The van der Waals surface area contributed by atoms with Gasteiger partial charge in [0.15, 0.2) is 0 Å². The predicted molar refractivity (Wildman–Crippen MR) is 72.7 cm³/mol. The molecule has 2 aromatic rings. The van der Waals surface area contributed by atoms with Gasteiger partial charge in [-0.25, -0.2) is 4.39 Å². The van der Waals surface area contributed by atoms with Crippen LogP contribution in [0.25, 0.3) is 0 Å². The highest BCUT2D eigenvalue weighted by atomic mass is 35.5. The van der Waals surface area contributed by atoms with Gasteiger partial charge in [-0.15, -0.1) is 11.6 Å². The summed E-state index contributed by atoms with van der Waals surface area (Å²) in [5, 5.41) is -0.109. The standard InChI is InChI=1S/C14H12Cl2FN/c1-9(13-4-2-3-7-18-13)14(16)11-6-5-10(15)8-12(11)17/h2-9,14H,1H3. The highest BCUT2D eigenvalue weighted by Crippen LogP contribution is 2.36. The summed E-state index contributed by atoms with van der Waals surface area (Å²) in [5.41, 5.74) is 1.28. The molecule has 2 rings (SSSR count). The van der Waals surface area contributed by atoms with Crippen LogP contribution < -0.4 is 0 Å². The van der Waals surface area contributed by atoms with Crippen molar-refractivity contribution < 1.29 is 4.39 Å². The lowest BCUT2D eigenvalue weighted by Crippen LogP contribution is -2.06. The van der Waals surface area contributed by atoms with Crippen LogP contribution in [0, 0.1) is 5.82 Å². The van der Waals surface area contributed by atoms with Gasteiger partial charge in [0.05, 0.1) is 5.38 Å². The highest BCUT2D eigenvalue weighted by molar-refractivity contribution is 6.30. The van der Waals surface area contributed by atoms with E-state index in [0.29, 0.717) is 10.6 Å². The van der Waals surface area contributed by atoms with E-state index in [-0.39, 0.29) is 11.7 Å². The van der Waals surface area contributed by atoms with Crippen molar-refractivity contribution in [2.24, 2.45) is 0 Å². The molecule has 94 valence electrons. The van der Waals surface area contributed by atoms with Crippen LogP contribution in [0.2, 0.25) is 5.02 Å². The van der Waals surface area contributed by atoms with E-state index in [2.05, 4.69) is 4.98 Å². The average Bonchev–Trinajstić information content (AvgIpc) is 2.38. The molecule has 0 amide bonds. The van der Waals surface area contributed by atoms with Crippen molar-refractivity contribution in [3.05, 3.63) is 64.7 Å². The van der Waals surface area contributed by atoms with Crippen molar-refractivity contribution in [2.45, 2.75) is 18.2 Å². The third-order valence-electron chi connectivity index (χ3n) is 2.85. The Morgan fingerprint density at radius 2 is 2.00 bits per heavy atom. The average molecular weight is 284 g/mol. The molecular weight excluding hydrogens is 272 g/mol. The maximum Gasteiger partial charge on any atom is 0.129 e. The van der Waals surface area contributed by atoms with Gasteiger partial charge in [-0.1, -0.05) is 30.7 Å². The molecule has 1 nitrogen and oxygen atoms in total. The summed E-state index contributed by atoms with van der Waals surface area (Å²) in [7, 11) is 0. The third-order valence-corrected chi connectivity index (χ3v) is 3.70. The van der Waals surface area contributed by atoms with Gasteiger partial charge in [0.2, 0.25) is 0 Å². The molecule has 0 saturated carbocycles. The molecule has 0 aliphatic carbocycles. The summed E-state index contributed by atoms with van der Waals surface area (Å²) in [5.74, 6) is -0.464. The first-order valence-electron chi connectivity index (χ1n) is 5.59. The van der Waals surface area contributed by atoms with Crippen molar-refractivity contribution >= 4 is 23.2 Å². The van der Waals surface area contributed by atoms with E-state index >= 15 is 0 Å². The van der Waals surface area contributed by atoms with E-state index in [1.54, 1.807) is 18.3 Å². The number of halogens is 3. The molecule has 4 heteroatoms. The molecule has 0 fully saturated rings. The van der Waals surface area contributed by atoms with Crippen molar-refractivity contribution in [3.8, 4) is 0 Å². The Kier molecular flexibility index (Phi) is 4.20. The summed E-state index contributed by atoms with van der Waals surface area (Å²) in [6, 6.07) is 10.1. The second kappa shape index (κ2) is 5.68. The quantitative estimate of drug-likeness (QED) is 0.726. The van der Waals surface area contributed by atoms with Crippen molar-refractivity contribution in [1.82, 2.24) is 4.98 Å². The van der Waals surface area contributed by atoms with Crippen LogP contribution in [-0.2, 0) is 0 Å². The third kappa shape index (κ3) is 2.82. The maximum atomic E-state index is 13.8. The monoisotopic (exact) mass is 283 g/mol. The Morgan fingerprint density at radius 1 is 1.22 bits per heavy atom. The van der Waals surface area contributed by atoms with Gasteiger partial charge < -0.3 is 0 Å². The predicted octanol–water partition coefficient (Wildman–Crippen LogP) is 4.96. The zero-order valence-corrected chi connectivity index (χ0v) is 11.3. The van der Waals surface area contributed by atoms with Gasteiger partial charge in [-0.05, 0) is 24.3 Å². The molecule has 0 aliphatic heterocycles. The summed E-state index contributed by atoms with van der Waals surface area (Å²) in [6.07, 6.45) is 1.70. The lowest BCUT2D eigenvalue weighted by molar-refractivity contribution is 0.589. The minimum Gasteiger partial charge on any atom is -0.261 e. The van der Waals surface area contributed by atoms with Gasteiger partial charge in [-0.3, -0.25) is 4.98 Å². The van der Waals surface area contributed by atoms with Gasteiger partial charge in [-0.2, -0.15) is 0 Å². The highest BCUT2D eigenvalue weighted by Gasteiger charge is 2.22. The lowest BCUT2D eigenvalue weighted by atomic mass is 9.96. The molecule has 1 aromatic heterocycles. The molecule has 0 N–H and O–H groups in total. The van der Waals surface area contributed by atoms with Crippen LogP contribution in [0.1, 0.15) is 29.5 Å². The minimum atomic E-state index is -0.475. The van der Waals surface area contributed by atoms with Crippen molar-refractivity contribution in [2.75, 3.05) is 0 Å². The van der Waals surface area contributed by atoms with Crippen LogP contribution >= 0.6 is 23.2 Å². The fraction of sp³-hybridized carbons (Fsp3) is 0.214. The smallest absolute Gasteiger partial charge is 0.129 e. The van der Waals surface area contributed by atoms with Crippen LogP contribution in [0.4, 0.5) is 4.39 Å². The Morgan fingerprint density at radius 3 is 2.61 bits per heavy atom. The lowest BCUT2D eigenvalue weighted by Gasteiger charge is -2.18. The van der Waals surface area contributed by atoms with E-state index in [0.717, 1.165) is 5.69 Å². The van der Waals surface area contributed by atoms with Crippen molar-refractivity contribution in [3.63, 3.8) is 0 Å². The van der Waals surface area contributed by atoms with Crippen molar-refractivity contribution in [1.29, 1.82) is 0 Å². The number of aromatic nitrogens is 1. The molecule has 18 heavy (non-hydrogen) atoms. The summed E-state index contributed by atoms with van der Waals surface area (Å²) >= 11 is 12.0. The van der Waals surface area contributed by atoms with Crippen LogP contribution in [0.5, 0.6) is 0 Å². The number of benzene rings is 1. The zero-order chi connectivity index (χ0) is 13.1. The topological polar surface area (TPSA) is 12.9 Å². The van der Waals surface area contributed by atoms with E-state index < -0.39 is 5.38 Å². The molecule has 1 heterocycles. The number of nitrogens with zero attached hydrogens (tertiary/aromatic N) is 1. The molecule has 0 bridgehead atoms. The zero-order valence-electron chi connectivity index (χ0n) is 9.78. The van der Waals surface area contributed by atoms with E-state index in [9.17, 15) is 4.39 Å². The van der Waals surface area contributed by atoms with Crippen LogP contribution in [0.3, 0.4) is 0 Å². The normalized spacial score (nSPS) is 14.2. The molecule has 1 aromatic carbocycles. The number of alkyl halides is 1. The maximum absolute atomic E-state index is 13.8. The van der Waals surface area contributed by atoms with Crippen LogP contribution in [0.15, 0.2) is 42.6 Å². The molecule has 0 radical (unpaired) electrons. The second-order valence-electron chi connectivity index (χ2n) is 4.11. The molecule has 0 aliphatic rings. The first kappa shape index (κ1) is 13.3. The fourth-order valence-corrected chi connectivity index (χ4v) is 2.25. The number of hydrogen-bond acceptors (Lipinski definition) is 1. The summed E-state index contributed by atoms with van der Waals surface area (Å²) in [6.45, 7) is 1.92. The SMILES string of the molecule is CC(c1ccccn1)C(Cl)c1ccc(Cl)cc1F. The second-order valence-corrected chi connectivity index (χ2v) is 5.02. The largest absolute Gasteiger partial charge is 0.261 e. The molecular formula is C14H12Cl2FN. The van der Waals surface area contributed by atoms with E-state index in [1.165, 1.54) is 6.07 Å². The number of hydrogen-bond donors (Lipinski definition) is 0. The summed E-state index contributed by atoms with van der Waals surface area (Å²) < 4.78 is 13.8. The van der Waals surface area contributed by atoms with Gasteiger partial charge in [0, 0.05) is 28.4 Å². The summed E-state index contributed by atoms with van der Waals surface area (Å²) in [4.78, 5) is 4.24. The number of pyridine rings is 1. The van der Waals surface area contributed by atoms with Gasteiger partial charge in [0.25, 0.3) is 0 Å². The molecule has 0 saturated heterocycles. The van der Waals surface area contributed by atoms with Gasteiger partial charge in [0.1, 0.15) is 5.82 Å². The Bertz CT molecular complexity index is 531. The van der Waals surface area contributed by atoms with Gasteiger partial charge >= 0.3 is 0 Å².